The van der Waals surface area contributed by atoms with Gasteiger partial charge in [0.2, 0.25) is 10.0 Å². The Morgan fingerprint density at radius 1 is 1.14 bits per heavy atom. The molecule has 0 bridgehead atoms. The highest BCUT2D eigenvalue weighted by molar-refractivity contribution is 7.89. The van der Waals surface area contributed by atoms with Gasteiger partial charge in [-0.3, -0.25) is 0 Å². The minimum absolute atomic E-state index is 0.111. The molecule has 5 heteroatoms. The van der Waals surface area contributed by atoms with Crippen LogP contribution in [0.2, 0.25) is 0 Å². The highest BCUT2D eigenvalue weighted by Crippen LogP contribution is 2.25. The van der Waals surface area contributed by atoms with Crippen molar-refractivity contribution in [3.8, 4) is 0 Å². The third-order valence-electron chi connectivity index (χ3n) is 4.44. The van der Waals surface area contributed by atoms with E-state index in [0.717, 1.165) is 31.4 Å². The number of sulfonamides is 1. The number of nitrogens with zero attached hydrogens (tertiary/aromatic N) is 1. The van der Waals surface area contributed by atoms with Crippen LogP contribution >= 0.6 is 0 Å². The summed E-state index contributed by atoms with van der Waals surface area (Å²) in [5.41, 5.74) is 1.15. The first-order valence-electron chi connectivity index (χ1n) is 7.91. The molecule has 1 aromatic carbocycles. The molecular formula is C16H24N2O2S. The van der Waals surface area contributed by atoms with Gasteiger partial charge in [0.1, 0.15) is 0 Å². The van der Waals surface area contributed by atoms with Crippen LogP contribution in [0.3, 0.4) is 0 Å². The Morgan fingerprint density at radius 3 is 2.48 bits per heavy atom. The predicted octanol–water partition coefficient (Wildman–Crippen LogP) is 2.50. The fourth-order valence-corrected chi connectivity index (χ4v) is 4.59. The van der Waals surface area contributed by atoms with E-state index in [1.165, 1.54) is 12.8 Å². The summed E-state index contributed by atoms with van der Waals surface area (Å²) in [6.07, 6.45) is 5.58. The molecule has 4 nitrogen and oxygen atoms in total. The Balaban J connectivity index is 1.71. The van der Waals surface area contributed by atoms with Crippen molar-refractivity contribution in [2.75, 3.05) is 6.54 Å². The van der Waals surface area contributed by atoms with Crippen molar-refractivity contribution in [2.24, 2.45) is 0 Å². The van der Waals surface area contributed by atoms with Gasteiger partial charge in [0, 0.05) is 25.2 Å². The molecular weight excluding hydrogens is 284 g/mol. The minimum Gasteiger partial charge on any atom is -0.310 e. The highest BCUT2D eigenvalue weighted by Gasteiger charge is 2.30. The van der Waals surface area contributed by atoms with Crippen LogP contribution in [0.5, 0.6) is 0 Å². The Morgan fingerprint density at radius 2 is 1.86 bits per heavy atom. The van der Waals surface area contributed by atoms with Gasteiger partial charge in [0.15, 0.2) is 0 Å². The van der Waals surface area contributed by atoms with Gasteiger partial charge in [-0.25, -0.2) is 8.42 Å². The average Bonchev–Trinajstić information content (AvgIpc) is 3.30. The molecule has 21 heavy (non-hydrogen) atoms. The van der Waals surface area contributed by atoms with Crippen LogP contribution in [-0.4, -0.2) is 31.4 Å². The maximum Gasteiger partial charge on any atom is 0.243 e. The quantitative estimate of drug-likeness (QED) is 0.909. The number of hydrogen-bond donors (Lipinski definition) is 1. The van der Waals surface area contributed by atoms with Crippen molar-refractivity contribution in [3.63, 3.8) is 0 Å². The van der Waals surface area contributed by atoms with E-state index in [0.29, 0.717) is 17.5 Å². The van der Waals surface area contributed by atoms with E-state index >= 15 is 0 Å². The van der Waals surface area contributed by atoms with Crippen molar-refractivity contribution < 1.29 is 8.42 Å². The van der Waals surface area contributed by atoms with Crippen LogP contribution < -0.4 is 5.32 Å². The van der Waals surface area contributed by atoms with E-state index in [9.17, 15) is 8.42 Å². The van der Waals surface area contributed by atoms with E-state index < -0.39 is 10.0 Å². The molecule has 1 saturated heterocycles. The lowest BCUT2D eigenvalue weighted by molar-refractivity contribution is 0.268. The molecule has 0 aromatic heterocycles. The van der Waals surface area contributed by atoms with Crippen LogP contribution in [0.1, 0.15) is 44.6 Å². The topological polar surface area (TPSA) is 49.4 Å². The van der Waals surface area contributed by atoms with Crippen LogP contribution in [0.15, 0.2) is 29.2 Å². The van der Waals surface area contributed by atoms with Crippen LogP contribution in [0.25, 0.3) is 0 Å². The third-order valence-corrected chi connectivity index (χ3v) is 6.47. The Hall–Kier alpha value is -0.910. The molecule has 0 spiro atoms. The van der Waals surface area contributed by atoms with Crippen LogP contribution in [-0.2, 0) is 16.6 Å². The van der Waals surface area contributed by atoms with Gasteiger partial charge in [0.05, 0.1) is 4.90 Å². The van der Waals surface area contributed by atoms with Gasteiger partial charge in [-0.2, -0.15) is 4.31 Å². The Bertz CT molecular complexity index is 579. The summed E-state index contributed by atoms with van der Waals surface area (Å²) in [5, 5.41) is 3.44. The zero-order valence-electron chi connectivity index (χ0n) is 12.6. The van der Waals surface area contributed by atoms with Gasteiger partial charge in [0.25, 0.3) is 0 Å². The summed E-state index contributed by atoms with van der Waals surface area (Å²) in [4.78, 5) is 0.423. The molecule has 2 fully saturated rings. The van der Waals surface area contributed by atoms with Gasteiger partial charge < -0.3 is 5.32 Å². The lowest BCUT2D eigenvalue weighted by Gasteiger charge is -2.32. The van der Waals surface area contributed by atoms with Crippen LogP contribution in [0.4, 0.5) is 0 Å². The first-order valence-corrected chi connectivity index (χ1v) is 9.35. The molecule has 1 heterocycles. The van der Waals surface area contributed by atoms with Crippen LogP contribution in [0, 0.1) is 0 Å². The van der Waals surface area contributed by atoms with E-state index in [-0.39, 0.29) is 6.04 Å². The molecule has 1 atom stereocenters. The summed E-state index contributed by atoms with van der Waals surface area (Å²) in [6, 6.07) is 8.14. The second-order valence-corrected chi connectivity index (χ2v) is 8.15. The Kier molecular flexibility index (Phi) is 4.33. The van der Waals surface area contributed by atoms with E-state index in [2.05, 4.69) is 5.32 Å². The molecule has 2 aliphatic rings. The first kappa shape index (κ1) is 15.0. The zero-order chi connectivity index (χ0) is 14.9. The normalized spacial score (nSPS) is 24.1. The van der Waals surface area contributed by atoms with Gasteiger partial charge in [-0.05, 0) is 50.3 Å². The van der Waals surface area contributed by atoms with Crippen molar-refractivity contribution in [1.29, 1.82) is 0 Å². The van der Waals surface area contributed by atoms with E-state index in [4.69, 9.17) is 0 Å². The highest BCUT2D eigenvalue weighted by atomic mass is 32.2. The zero-order valence-corrected chi connectivity index (χ0v) is 13.4. The molecule has 1 unspecified atom stereocenters. The smallest absolute Gasteiger partial charge is 0.243 e. The second kappa shape index (κ2) is 6.07. The monoisotopic (exact) mass is 308 g/mol. The summed E-state index contributed by atoms with van der Waals surface area (Å²) >= 11 is 0. The summed E-state index contributed by atoms with van der Waals surface area (Å²) in [7, 11) is -3.33. The van der Waals surface area contributed by atoms with Gasteiger partial charge in [-0.15, -0.1) is 0 Å². The molecule has 1 N–H and O–H groups in total. The average molecular weight is 308 g/mol. The Labute approximate surface area is 127 Å². The number of nitrogens with one attached hydrogen (secondary N) is 1. The van der Waals surface area contributed by atoms with Crippen molar-refractivity contribution in [1.82, 2.24) is 9.62 Å². The molecule has 0 radical (unpaired) electrons. The van der Waals surface area contributed by atoms with Gasteiger partial charge >= 0.3 is 0 Å². The van der Waals surface area contributed by atoms with Gasteiger partial charge in [-0.1, -0.05) is 18.6 Å². The molecule has 1 saturated carbocycles. The molecule has 3 rings (SSSR count). The number of hydrogen-bond acceptors (Lipinski definition) is 3. The second-order valence-electron chi connectivity index (χ2n) is 6.26. The summed E-state index contributed by atoms with van der Waals surface area (Å²) < 4.78 is 27.1. The molecule has 1 aliphatic heterocycles. The number of piperidine rings is 1. The van der Waals surface area contributed by atoms with E-state index in [1.807, 2.05) is 19.1 Å². The lowest BCUT2D eigenvalue weighted by atomic mass is 10.1. The number of rotatable bonds is 5. The predicted molar refractivity (Wildman–Crippen MR) is 83.5 cm³/mol. The standard InChI is InChI=1S/C16H24N2O2S/c1-13-4-2-3-11-18(13)21(19,20)16-9-5-14(6-10-16)12-17-15-7-8-15/h5-6,9-10,13,15,17H,2-4,7-8,11-12H2,1H3. The maximum absolute atomic E-state index is 12.7. The number of benzene rings is 1. The lowest BCUT2D eigenvalue weighted by Crippen LogP contribution is -2.41. The van der Waals surface area contributed by atoms with Crippen molar-refractivity contribution in [2.45, 2.75) is 62.6 Å². The molecule has 1 aliphatic carbocycles. The largest absolute Gasteiger partial charge is 0.310 e. The van der Waals surface area contributed by atoms with E-state index in [1.54, 1.807) is 16.4 Å². The molecule has 116 valence electrons. The SMILES string of the molecule is CC1CCCCN1S(=O)(=O)c1ccc(CNC2CC2)cc1. The minimum atomic E-state index is -3.33. The van der Waals surface area contributed by atoms with Crippen molar-refractivity contribution >= 4 is 10.0 Å². The fraction of sp³-hybridized carbons (Fsp3) is 0.625. The molecule has 0 amide bonds. The first-order chi connectivity index (χ1) is 10.1. The maximum atomic E-state index is 12.7. The summed E-state index contributed by atoms with van der Waals surface area (Å²) in [6.45, 7) is 3.48. The van der Waals surface area contributed by atoms with Crippen molar-refractivity contribution in [3.05, 3.63) is 29.8 Å². The summed E-state index contributed by atoms with van der Waals surface area (Å²) in [5.74, 6) is 0. The third kappa shape index (κ3) is 3.47. The molecule has 1 aromatic rings. The fourth-order valence-electron chi connectivity index (χ4n) is 2.89.